The van der Waals surface area contributed by atoms with Crippen LogP contribution in [0.5, 0.6) is 5.75 Å². The van der Waals surface area contributed by atoms with Crippen LogP contribution < -0.4 is 10.1 Å². The third kappa shape index (κ3) is 4.44. The Hall–Kier alpha value is -2.06. The molecule has 2 aromatic rings. The molecule has 1 aromatic carbocycles. The van der Waals surface area contributed by atoms with Crippen LogP contribution in [0.2, 0.25) is 5.02 Å². The second-order valence-corrected chi connectivity index (χ2v) is 6.79. The van der Waals surface area contributed by atoms with E-state index < -0.39 is 17.3 Å². The maximum Gasteiger partial charge on any atom is 0.433 e. The topological polar surface area (TPSA) is 56.3 Å². The minimum absolute atomic E-state index is 0.0725. The molecular weight excluding hydrogens is 383 g/mol. The van der Waals surface area contributed by atoms with Gasteiger partial charge in [-0.05, 0) is 37.1 Å². The lowest BCUT2D eigenvalue weighted by Gasteiger charge is -2.38. The number of hydrogen-bond donors (Lipinski definition) is 1. The molecule has 1 aromatic heterocycles. The van der Waals surface area contributed by atoms with E-state index in [1.807, 2.05) is 6.07 Å². The van der Waals surface area contributed by atoms with Gasteiger partial charge in [-0.1, -0.05) is 11.6 Å². The second-order valence-electron chi connectivity index (χ2n) is 6.35. The molecule has 1 aliphatic heterocycles. The summed E-state index contributed by atoms with van der Waals surface area (Å²) in [5.41, 5.74) is -0.520. The SMILES string of the molecule is COc1ccc(Cl)cc1C1(CNc2nccc(C(F)(F)F)n2)CCOCC1. The van der Waals surface area contributed by atoms with Gasteiger partial charge in [0.25, 0.3) is 0 Å². The Morgan fingerprint density at radius 3 is 2.67 bits per heavy atom. The molecule has 0 amide bonds. The van der Waals surface area contributed by atoms with Crippen LogP contribution in [-0.2, 0) is 16.3 Å². The van der Waals surface area contributed by atoms with E-state index >= 15 is 0 Å². The van der Waals surface area contributed by atoms with Gasteiger partial charge in [0.15, 0.2) is 0 Å². The number of alkyl halides is 3. The molecule has 1 saturated heterocycles. The van der Waals surface area contributed by atoms with Crippen LogP contribution in [0.1, 0.15) is 24.1 Å². The number of methoxy groups -OCH3 is 1. The molecule has 2 heterocycles. The Labute approximate surface area is 159 Å². The van der Waals surface area contributed by atoms with E-state index in [1.165, 1.54) is 0 Å². The maximum absolute atomic E-state index is 12.9. The zero-order valence-electron chi connectivity index (χ0n) is 14.6. The molecule has 5 nitrogen and oxygen atoms in total. The van der Waals surface area contributed by atoms with Crippen molar-refractivity contribution >= 4 is 17.5 Å². The van der Waals surface area contributed by atoms with Crippen molar-refractivity contribution in [3.05, 3.63) is 46.7 Å². The van der Waals surface area contributed by atoms with Gasteiger partial charge in [0.05, 0.1) is 7.11 Å². The predicted octanol–water partition coefficient (Wildman–Crippen LogP) is 4.32. The molecule has 1 aliphatic rings. The molecule has 1 fully saturated rings. The van der Waals surface area contributed by atoms with Gasteiger partial charge in [0.2, 0.25) is 5.95 Å². The van der Waals surface area contributed by atoms with Gasteiger partial charge < -0.3 is 14.8 Å². The first-order valence-corrected chi connectivity index (χ1v) is 8.78. The smallest absolute Gasteiger partial charge is 0.433 e. The summed E-state index contributed by atoms with van der Waals surface area (Å²) in [5, 5.41) is 3.52. The Balaban J connectivity index is 1.90. The van der Waals surface area contributed by atoms with Crippen molar-refractivity contribution in [1.82, 2.24) is 9.97 Å². The van der Waals surface area contributed by atoms with E-state index in [0.717, 1.165) is 17.8 Å². The van der Waals surface area contributed by atoms with Crippen LogP contribution in [0.15, 0.2) is 30.5 Å². The Morgan fingerprint density at radius 2 is 2.00 bits per heavy atom. The lowest BCUT2D eigenvalue weighted by molar-refractivity contribution is -0.141. The molecule has 0 aliphatic carbocycles. The van der Waals surface area contributed by atoms with Gasteiger partial charge in [0.1, 0.15) is 11.4 Å². The maximum atomic E-state index is 12.9. The van der Waals surface area contributed by atoms with Gasteiger partial charge in [0, 0.05) is 42.0 Å². The summed E-state index contributed by atoms with van der Waals surface area (Å²) >= 11 is 6.19. The summed E-state index contributed by atoms with van der Waals surface area (Å²) in [5.74, 6) is 0.602. The van der Waals surface area contributed by atoms with Crippen molar-refractivity contribution in [2.24, 2.45) is 0 Å². The highest BCUT2D eigenvalue weighted by molar-refractivity contribution is 6.30. The van der Waals surface area contributed by atoms with Crippen LogP contribution >= 0.6 is 11.6 Å². The van der Waals surface area contributed by atoms with Crippen molar-refractivity contribution in [3.63, 3.8) is 0 Å². The largest absolute Gasteiger partial charge is 0.496 e. The summed E-state index contributed by atoms with van der Waals surface area (Å²) in [7, 11) is 1.57. The number of anilines is 1. The van der Waals surface area contributed by atoms with Gasteiger partial charge in [-0.25, -0.2) is 9.97 Å². The first-order valence-electron chi connectivity index (χ1n) is 8.40. The molecule has 0 spiro atoms. The Bertz CT molecular complexity index is 796. The van der Waals surface area contributed by atoms with Crippen LogP contribution in [0.4, 0.5) is 19.1 Å². The highest BCUT2D eigenvalue weighted by atomic mass is 35.5. The molecular formula is C18H19ClF3N3O2. The first kappa shape index (κ1) is 19.7. The summed E-state index contributed by atoms with van der Waals surface area (Å²) in [4.78, 5) is 7.49. The highest BCUT2D eigenvalue weighted by Crippen LogP contribution is 2.41. The monoisotopic (exact) mass is 401 g/mol. The normalized spacial score (nSPS) is 16.8. The predicted molar refractivity (Wildman–Crippen MR) is 95.3 cm³/mol. The fourth-order valence-corrected chi connectivity index (χ4v) is 3.42. The second kappa shape index (κ2) is 7.90. The van der Waals surface area contributed by atoms with Crippen LogP contribution in [0.3, 0.4) is 0 Å². The van der Waals surface area contributed by atoms with Gasteiger partial charge in [-0.2, -0.15) is 13.2 Å². The molecule has 1 N–H and O–H groups in total. The summed E-state index contributed by atoms with van der Waals surface area (Å²) in [6.45, 7) is 1.38. The standard InChI is InChI=1S/C18H19ClF3N3O2/c1-26-14-3-2-12(19)10-13(14)17(5-8-27-9-6-17)11-24-16-23-7-4-15(25-16)18(20,21)22/h2-4,7,10H,5-6,8-9,11H2,1H3,(H,23,24,25). The van der Waals surface area contributed by atoms with Crippen LogP contribution in [-0.4, -0.2) is 36.8 Å². The summed E-state index contributed by atoms with van der Waals surface area (Å²) in [6.07, 6.45) is -2.11. The number of nitrogens with zero attached hydrogens (tertiary/aromatic N) is 2. The highest BCUT2D eigenvalue weighted by Gasteiger charge is 2.38. The van der Waals surface area contributed by atoms with Crippen molar-refractivity contribution in [2.75, 3.05) is 32.2 Å². The third-order valence-corrected chi connectivity index (χ3v) is 4.95. The number of nitrogens with one attached hydrogen (secondary N) is 1. The number of halogens is 4. The number of rotatable bonds is 5. The van der Waals surface area contributed by atoms with Crippen molar-refractivity contribution in [2.45, 2.75) is 24.4 Å². The summed E-state index contributed by atoms with van der Waals surface area (Å²) in [6, 6.07) is 6.20. The lowest BCUT2D eigenvalue weighted by atomic mass is 9.73. The van der Waals surface area contributed by atoms with Crippen molar-refractivity contribution in [3.8, 4) is 5.75 Å². The Kier molecular flexibility index (Phi) is 5.76. The minimum Gasteiger partial charge on any atom is -0.496 e. The van der Waals surface area contributed by atoms with Crippen molar-refractivity contribution in [1.29, 1.82) is 0 Å². The lowest BCUT2D eigenvalue weighted by Crippen LogP contribution is -2.40. The molecule has 3 rings (SSSR count). The van der Waals surface area contributed by atoms with E-state index in [9.17, 15) is 13.2 Å². The quantitative estimate of drug-likeness (QED) is 0.808. The van der Waals surface area contributed by atoms with E-state index in [0.29, 0.717) is 43.4 Å². The fraction of sp³-hybridized carbons (Fsp3) is 0.444. The number of benzene rings is 1. The van der Waals surface area contributed by atoms with Gasteiger partial charge in [-0.3, -0.25) is 0 Å². The number of aromatic nitrogens is 2. The van der Waals surface area contributed by atoms with Gasteiger partial charge >= 0.3 is 6.18 Å². The average Bonchev–Trinajstić information content (AvgIpc) is 2.67. The van der Waals surface area contributed by atoms with Gasteiger partial charge in [-0.15, -0.1) is 0 Å². The molecule has 146 valence electrons. The molecule has 9 heteroatoms. The molecule has 0 saturated carbocycles. The van der Waals surface area contributed by atoms with E-state index in [4.69, 9.17) is 21.1 Å². The number of hydrogen-bond acceptors (Lipinski definition) is 5. The third-order valence-electron chi connectivity index (χ3n) is 4.71. The molecule has 0 atom stereocenters. The van der Waals surface area contributed by atoms with E-state index in [2.05, 4.69) is 15.3 Å². The fourth-order valence-electron chi connectivity index (χ4n) is 3.25. The molecule has 0 radical (unpaired) electrons. The summed E-state index contributed by atoms with van der Waals surface area (Å²) < 4.78 is 49.6. The zero-order chi connectivity index (χ0) is 19.5. The van der Waals surface area contributed by atoms with E-state index in [-0.39, 0.29) is 5.95 Å². The Morgan fingerprint density at radius 1 is 1.26 bits per heavy atom. The number of ether oxygens (including phenoxy) is 2. The van der Waals surface area contributed by atoms with Crippen molar-refractivity contribution < 1.29 is 22.6 Å². The first-order chi connectivity index (χ1) is 12.8. The zero-order valence-corrected chi connectivity index (χ0v) is 15.4. The molecule has 0 unspecified atom stereocenters. The van der Waals surface area contributed by atoms with E-state index in [1.54, 1.807) is 19.2 Å². The molecule has 0 bridgehead atoms. The van der Waals surface area contributed by atoms with Crippen LogP contribution in [0, 0.1) is 0 Å². The average molecular weight is 402 g/mol. The molecule has 27 heavy (non-hydrogen) atoms. The minimum atomic E-state index is -4.52. The van der Waals surface area contributed by atoms with Crippen LogP contribution in [0.25, 0.3) is 0 Å².